The lowest BCUT2D eigenvalue weighted by molar-refractivity contribution is 0.147. The lowest BCUT2D eigenvalue weighted by Gasteiger charge is -2.10. The molecule has 1 aromatic heterocycles. The molecule has 0 radical (unpaired) electrons. The summed E-state index contributed by atoms with van der Waals surface area (Å²) in [5, 5.41) is 5.92. The molecular formula is C17H23N3O3. The van der Waals surface area contributed by atoms with Gasteiger partial charge in [-0.3, -0.25) is 5.32 Å². The number of aromatic nitrogens is 1. The number of anilines is 2. The lowest BCUT2D eigenvalue weighted by Crippen LogP contribution is -2.16. The molecule has 0 atom stereocenters. The average Bonchev–Trinajstić information content (AvgIpc) is 2.99. The minimum absolute atomic E-state index is 0.308. The summed E-state index contributed by atoms with van der Waals surface area (Å²) in [7, 11) is 0. The topological polar surface area (TPSA) is 76.4 Å². The van der Waals surface area contributed by atoms with Gasteiger partial charge in [-0.05, 0) is 24.1 Å². The van der Waals surface area contributed by atoms with Crippen LogP contribution in [-0.2, 0) is 17.7 Å². The molecule has 6 nitrogen and oxygen atoms in total. The molecule has 1 heterocycles. The smallest absolute Gasteiger partial charge is 0.411 e. The first-order chi connectivity index (χ1) is 11.1. The normalized spacial score (nSPS) is 10.6. The Labute approximate surface area is 136 Å². The molecule has 1 aromatic carbocycles. The summed E-state index contributed by atoms with van der Waals surface area (Å²) in [6.07, 6.45) is 2.11. The molecule has 0 bridgehead atoms. The van der Waals surface area contributed by atoms with E-state index in [0.717, 1.165) is 17.9 Å². The molecule has 0 fully saturated rings. The first-order valence-electron chi connectivity index (χ1n) is 7.78. The van der Waals surface area contributed by atoms with Gasteiger partial charge in [0.25, 0.3) is 0 Å². The van der Waals surface area contributed by atoms with E-state index in [2.05, 4.69) is 15.6 Å². The second-order valence-electron chi connectivity index (χ2n) is 5.63. The third-order valence-corrected chi connectivity index (χ3v) is 3.05. The number of hydrogen-bond acceptors (Lipinski definition) is 5. The Balaban J connectivity index is 1.87. The van der Waals surface area contributed by atoms with Crippen molar-refractivity contribution < 1.29 is 13.9 Å². The van der Waals surface area contributed by atoms with Crippen LogP contribution in [-0.4, -0.2) is 17.7 Å². The van der Waals surface area contributed by atoms with Crippen LogP contribution in [0.25, 0.3) is 0 Å². The number of rotatable bonds is 7. The van der Waals surface area contributed by atoms with E-state index in [9.17, 15) is 4.79 Å². The molecule has 2 aromatic rings. The maximum absolute atomic E-state index is 11.7. The number of carbonyl (C=O) groups excluding carboxylic acids is 1. The largest absolute Gasteiger partial charge is 0.449 e. The third kappa shape index (κ3) is 5.65. The number of carbonyl (C=O) groups is 1. The van der Waals surface area contributed by atoms with Gasteiger partial charge in [0.2, 0.25) is 5.89 Å². The molecule has 2 N–H and O–H groups in total. The van der Waals surface area contributed by atoms with E-state index in [-0.39, 0.29) is 0 Å². The Morgan fingerprint density at radius 1 is 1.35 bits per heavy atom. The molecule has 1 amide bonds. The quantitative estimate of drug-likeness (QED) is 0.805. The number of aryl methyl sites for hydroxylation is 1. The van der Waals surface area contributed by atoms with Gasteiger partial charge in [0.1, 0.15) is 5.76 Å². The Morgan fingerprint density at radius 2 is 2.13 bits per heavy atom. The Hall–Kier alpha value is -2.50. The molecule has 0 spiro atoms. The minimum atomic E-state index is -0.448. The number of benzene rings is 1. The highest BCUT2D eigenvalue weighted by molar-refractivity contribution is 5.85. The summed E-state index contributed by atoms with van der Waals surface area (Å²) in [5.41, 5.74) is 1.54. The van der Waals surface area contributed by atoms with Crippen molar-refractivity contribution in [1.82, 2.24) is 4.98 Å². The van der Waals surface area contributed by atoms with Gasteiger partial charge in [-0.15, -0.1) is 0 Å². The molecule has 124 valence electrons. The molecule has 6 heteroatoms. The van der Waals surface area contributed by atoms with Crippen molar-refractivity contribution in [3.8, 4) is 0 Å². The van der Waals surface area contributed by atoms with Crippen molar-refractivity contribution in [2.75, 3.05) is 17.2 Å². The fraction of sp³-hybridized carbons (Fsp3) is 0.412. The van der Waals surface area contributed by atoms with Gasteiger partial charge in [0.15, 0.2) is 0 Å². The predicted molar refractivity (Wildman–Crippen MR) is 89.5 cm³/mol. The van der Waals surface area contributed by atoms with E-state index >= 15 is 0 Å². The highest BCUT2D eigenvalue weighted by atomic mass is 16.5. The van der Waals surface area contributed by atoms with Crippen LogP contribution < -0.4 is 10.6 Å². The number of hydrogen-bond donors (Lipinski definition) is 2. The number of ether oxygens (including phenoxy) is 1. The Bertz CT molecular complexity index is 638. The SMILES string of the molecule is CCc1cnc(CNc2cccc(NC(=O)OCC(C)C)c2)o1. The average molecular weight is 317 g/mol. The second kappa shape index (κ2) is 8.22. The molecule has 23 heavy (non-hydrogen) atoms. The summed E-state index contributed by atoms with van der Waals surface area (Å²) < 4.78 is 10.6. The zero-order valence-corrected chi connectivity index (χ0v) is 13.8. The van der Waals surface area contributed by atoms with E-state index in [1.807, 2.05) is 45.0 Å². The van der Waals surface area contributed by atoms with Gasteiger partial charge in [-0.2, -0.15) is 0 Å². The summed E-state index contributed by atoms with van der Waals surface area (Å²) in [6, 6.07) is 7.41. The molecular weight excluding hydrogens is 294 g/mol. The fourth-order valence-corrected chi connectivity index (χ4v) is 1.87. The maximum atomic E-state index is 11.7. The zero-order valence-electron chi connectivity index (χ0n) is 13.8. The molecule has 0 unspecified atom stereocenters. The molecule has 0 aliphatic heterocycles. The van der Waals surface area contributed by atoms with Crippen LogP contribution in [0.5, 0.6) is 0 Å². The van der Waals surface area contributed by atoms with E-state index in [4.69, 9.17) is 9.15 Å². The highest BCUT2D eigenvalue weighted by Crippen LogP contribution is 2.16. The van der Waals surface area contributed by atoms with E-state index < -0.39 is 6.09 Å². The van der Waals surface area contributed by atoms with Gasteiger partial charge in [0, 0.05) is 17.8 Å². The standard InChI is InChI=1S/C17H23N3O3/c1-4-15-9-19-16(23-15)10-18-13-6-5-7-14(8-13)20-17(21)22-11-12(2)3/h5-9,12,18H,4,10-11H2,1-3H3,(H,20,21). The first-order valence-corrected chi connectivity index (χ1v) is 7.78. The van der Waals surface area contributed by atoms with Crippen LogP contribution in [0.1, 0.15) is 32.4 Å². The summed E-state index contributed by atoms with van der Waals surface area (Å²) in [5.74, 6) is 1.81. The van der Waals surface area contributed by atoms with Crippen molar-refractivity contribution in [3.05, 3.63) is 42.1 Å². The number of nitrogens with zero attached hydrogens (tertiary/aromatic N) is 1. The second-order valence-corrected chi connectivity index (χ2v) is 5.63. The number of amides is 1. The Morgan fingerprint density at radius 3 is 2.83 bits per heavy atom. The van der Waals surface area contributed by atoms with E-state index in [1.165, 1.54) is 0 Å². The number of nitrogens with one attached hydrogen (secondary N) is 2. The minimum Gasteiger partial charge on any atom is -0.449 e. The summed E-state index contributed by atoms with van der Waals surface area (Å²) in [4.78, 5) is 15.9. The third-order valence-electron chi connectivity index (χ3n) is 3.05. The maximum Gasteiger partial charge on any atom is 0.411 e. The van der Waals surface area contributed by atoms with Crippen molar-refractivity contribution in [3.63, 3.8) is 0 Å². The van der Waals surface area contributed by atoms with Crippen molar-refractivity contribution in [1.29, 1.82) is 0 Å². The van der Waals surface area contributed by atoms with E-state index in [1.54, 1.807) is 6.20 Å². The lowest BCUT2D eigenvalue weighted by atomic mass is 10.2. The first kappa shape index (κ1) is 16.9. The van der Waals surface area contributed by atoms with Gasteiger partial charge in [0.05, 0.1) is 19.3 Å². The van der Waals surface area contributed by atoms with Crippen molar-refractivity contribution in [2.45, 2.75) is 33.7 Å². The predicted octanol–water partition coefficient (Wildman–Crippen LogP) is 4.05. The summed E-state index contributed by atoms with van der Waals surface area (Å²) >= 11 is 0. The fourth-order valence-electron chi connectivity index (χ4n) is 1.87. The van der Waals surface area contributed by atoms with Crippen LogP contribution in [0, 0.1) is 5.92 Å². The van der Waals surface area contributed by atoms with Crippen LogP contribution >= 0.6 is 0 Å². The Kier molecular flexibility index (Phi) is 6.02. The van der Waals surface area contributed by atoms with E-state index in [0.29, 0.717) is 30.6 Å². The number of oxazole rings is 1. The molecule has 0 saturated carbocycles. The molecule has 2 rings (SSSR count). The van der Waals surface area contributed by atoms with Gasteiger partial charge >= 0.3 is 6.09 Å². The summed E-state index contributed by atoms with van der Waals surface area (Å²) in [6.45, 7) is 6.88. The van der Waals surface area contributed by atoms with Crippen molar-refractivity contribution in [2.24, 2.45) is 5.92 Å². The molecule has 0 aliphatic carbocycles. The van der Waals surface area contributed by atoms with Gasteiger partial charge in [-0.1, -0.05) is 26.8 Å². The van der Waals surface area contributed by atoms with Crippen LogP contribution in [0.4, 0.5) is 16.2 Å². The van der Waals surface area contributed by atoms with Crippen LogP contribution in [0.3, 0.4) is 0 Å². The van der Waals surface area contributed by atoms with Gasteiger partial charge in [-0.25, -0.2) is 9.78 Å². The highest BCUT2D eigenvalue weighted by Gasteiger charge is 2.06. The molecule has 0 aliphatic rings. The van der Waals surface area contributed by atoms with Crippen LogP contribution in [0.2, 0.25) is 0 Å². The zero-order chi connectivity index (χ0) is 16.7. The van der Waals surface area contributed by atoms with Crippen molar-refractivity contribution >= 4 is 17.5 Å². The van der Waals surface area contributed by atoms with Crippen LogP contribution in [0.15, 0.2) is 34.9 Å². The molecule has 0 saturated heterocycles. The van der Waals surface area contributed by atoms with Gasteiger partial charge < -0.3 is 14.5 Å². The monoisotopic (exact) mass is 317 g/mol.